The molecule has 1 N–H and O–H groups in total. The number of nitrogens with one attached hydrogen (secondary N) is 1. The molecule has 3 nitrogen and oxygen atoms in total. The van der Waals surface area contributed by atoms with Crippen LogP contribution < -0.4 is 4.74 Å². The maximum atomic E-state index is 5.78. The molecular formula is C8H13ClN2O. The normalized spacial score (nSPS) is 11.8. The molecule has 0 saturated carbocycles. The van der Waals surface area contributed by atoms with Crippen LogP contribution in [0.3, 0.4) is 0 Å². The van der Waals surface area contributed by atoms with Gasteiger partial charge in [0.25, 0.3) is 0 Å². The van der Waals surface area contributed by atoms with E-state index in [1.54, 1.807) is 7.11 Å². The van der Waals surface area contributed by atoms with Gasteiger partial charge in [0.15, 0.2) is 10.9 Å². The zero-order valence-electron chi connectivity index (χ0n) is 7.73. The molecule has 0 aliphatic heterocycles. The maximum Gasteiger partial charge on any atom is 0.193 e. The number of halogens is 1. The number of hydrogen-bond acceptors (Lipinski definition) is 2. The Kier molecular flexibility index (Phi) is 2.33. The van der Waals surface area contributed by atoms with Gasteiger partial charge in [-0.15, -0.1) is 0 Å². The van der Waals surface area contributed by atoms with Gasteiger partial charge in [-0.2, -0.15) is 5.10 Å². The van der Waals surface area contributed by atoms with E-state index in [9.17, 15) is 0 Å². The van der Waals surface area contributed by atoms with Crippen LogP contribution in [0.15, 0.2) is 0 Å². The highest BCUT2D eigenvalue weighted by atomic mass is 35.5. The summed E-state index contributed by atoms with van der Waals surface area (Å²) in [5.41, 5.74) is 0.904. The van der Waals surface area contributed by atoms with Crippen LogP contribution >= 0.6 is 11.6 Å². The van der Waals surface area contributed by atoms with Crippen LogP contribution in [-0.4, -0.2) is 17.3 Å². The van der Waals surface area contributed by atoms with Crippen LogP contribution in [0.1, 0.15) is 26.5 Å². The van der Waals surface area contributed by atoms with Gasteiger partial charge >= 0.3 is 0 Å². The molecule has 1 aromatic rings. The van der Waals surface area contributed by atoms with Crippen LogP contribution in [0.5, 0.6) is 5.75 Å². The van der Waals surface area contributed by atoms with E-state index >= 15 is 0 Å². The highest BCUT2D eigenvalue weighted by Gasteiger charge is 2.23. The van der Waals surface area contributed by atoms with Crippen LogP contribution in [0.2, 0.25) is 5.15 Å². The van der Waals surface area contributed by atoms with Crippen molar-refractivity contribution in [3.63, 3.8) is 0 Å². The lowest BCUT2D eigenvalue weighted by Gasteiger charge is -2.17. The molecule has 0 saturated heterocycles. The van der Waals surface area contributed by atoms with E-state index in [2.05, 4.69) is 31.0 Å². The molecule has 4 heteroatoms. The van der Waals surface area contributed by atoms with Gasteiger partial charge in [-0.25, -0.2) is 0 Å². The summed E-state index contributed by atoms with van der Waals surface area (Å²) in [6, 6.07) is 0. The Morgan fingerprint density at radius 1 is 1.42 bits per heavy atom. The lowest BCUT2D eigenvalue weighted by atomic mass is 9.92. The van der Waals surface area contributed by atoms with E-state index in [0.29, 0.717) is 10.9 Å². The second kappa shape index (κ2) is 2.98. The van der Waals surface area contributed by atoms with Crippen LogP contribution in [-0.2, 0) is 5.41 Å². The zero-order valence-corrected chi connectivity index (χ0v) is 8.49. The monoisotopic (exact) mass is 188 g/mol. The van der Waals surface area contributed by atoms with Crippen molar-refractivity contribution in [2.75, 3.05) is 7.11 Å². The molecule has 0 amide bonds. The van der Waals surface area contributed by atoms with Gasteiger partial charge < -0.3 is 4.74 Å². The van der Waals surface area contributed by atoms with Crippen molar-refractivity contribution in [3.8, 4) is 5.75 Å². The molecule has 1 rings (SSSR count). The predicted octanol–water partition coefficient (Wildman–Crippen LogP) is 2.37. The second-order valence-electron chi connectivity index (χ2n) is 3.67. The van der Waals surface area contributed by atoms with Crippen molar-refractivity contribution < 1.29 is 4.74 Å². The number of ether oxygens (including phenoxy) is 1. The molecule has 0 atom stereocenters. The first kappa shape index (κ1) is 9.39. The summed E-state index contributed by atoms with van der Waals surface area (Å²) < 4.78 is 5.12. The number of aromatic nitrogens is 2. The minimum Gasteiger partial charge on any atom is -0.492 e. The Bertz CT molecular complexity index is 275. The lowest BCUT2D eigenvalue weighted by Crippen LogP contribution is -2.12. The Morgan fingerprint density at radius 3 is 2.33 bits per heavy atom. The average Bonchev–Trinajstić information content (AvgIpc) is 2.29. The predicted molar refractivity (Wildman–Crippen MR) is 48.8 cm³/mol. The van der Waals surface area contributed by atoms with Gasteiger partial charge in [-0.3, -0.25) is 5.10 Å². The summed E-state index contributed by atoms with van der Waals surface area (Å²) in [4.78, 5) is 0. The van der Waals surface area contributed by atoms with Crippen LogP contribution in [0, 0.1) is 0 Å². The van der Waals surface area contributed by atoms with Crippen LogP contribution in [0.25, 0.3) is 0 Å². The van der Waals surface area contributed by atoms with E-state index in [0.717, 1.165) is 5.69 Å². The number of hydrogen-bond donors (Lipinski definition) is 1. The molecule has 0 aliphatic carbocycles. The molecule has 12 heavy (non-hydrogen) atoms. The van der Waals surface area contributed by atoms with E-state index in [1.165, 1.54) is 0 Å². The summed E-state index contributed by atoms with van der Waals surface area (Å²) >= 11 is 5.78. The summed E-state index contributed by atoms with van der Waals surface area (Å²) in [6.07, 6.45) is 0. The molecule has 0 aromatic carbocycles. The molecule has 1 aromatic heterocycles. The van der Waals surface area contributed by atoms with E-state index in [1.807, 2.05) is 0 Å². The van der Waals surface area contributed by atoms with Crippen molar-refractivity contribution in [1.82, 2.24) is 10.2 Å². The van der Waals surface area contributed by atoms with Gasteiger partial charge in [0.2, 0.25) is 0 Å². The van der Waals surface area contributed by atoms with Gasteiger partial charge in [-0.1, -0.05) is 32.4 Å². The van der Waals surface area contributed by atoms with Gasteiger partial charge in [-0.05, 0) is 0 Å². The molecular weight excluding hydrogens is 176 g/mol. The summed E-state index contributed by atoms with van der Waals surface area (Å²) in [5.74, 6) is 0.643. The van der Waals surface area contributed by atoms with E-state index < -0.39 is 0 Å². The van der Waals surface area contributed by atoms with Crippen LogP contribution in [0.4, 0.5) is 0 Å². The number of methoxy groups -OCH3 is 1. The first-order valence-electron chi connectivity index (χ1n) is 3.75. The number of nitrogens with zero attached hydrogens (tertiary/aromatic N) is 1. The van der Waals surface area contributed by atoms with E-state index in [-0.39, 0.29) is 5.41 Å². The topological polar surface area (TPSA) is 37.9 Å². The number of H-pyrrole nitrogens is 1. The number of rotatable bonds is 1. The maximum absolute atomic E-state index is 5.78. The Balaban J connectivity index is 3.16. The molecule has 0 fully saturated rings. The SMILES string of the molecule is COc1c(Cl)n[nH]c1C(C)(C)C. The third kappa shape index (κ3) is 1.55. The van der Waals surface area contributed by atoms with Gasteiger partial charge in [0.05, 0.1) is 12.8 Å². The quantitative estimate of drug-likeness (QED) is 0.735. The highest BCUT2D eigenvalue weighted by molar-refractivity contribution is 6.30. The second-order valence-corrected chi connectivity index (χ2v) is 4.03. The summed E-state index contributed by atoms with van der Waals surface area (Å²) in [6.45, 7) is 6.21. The summed E-state index contributed by atoms with van der Waals surface area (Å²) in [5, 5.41) is 7.12. The minimum atomic E-state index is -0.0223. The largest absolute Gasteiger partial charge is 0.492 e. The summed E-state index contributed by atoms with van der Waals surface area (Å²) in [7, 11) is 1.59. The smallest absolute Gasteiger partial charge is 0.193 e. The molecule has 0 unspecified atom stereocenters. The molecule has 0 radical (unpaired) electrons. The Morgan fingerprint density at radius 2 is 2.00 bits per heavy atom. The molecule has 68 valence electrons. The molecule has 1 heterocycles. The van der Waals surface area contributed by atoms with E-state index in [4.69, 9.17) is 16.3 Å². The zero-order chi connectivity index (χ0) is 9.35. The van der Waals surface area contributed by atoms with Crippen molar-refractivity contribution in [1.29, 1.82) is 0 Å². The van der Waals surface area contributed by atoms with Crippen molar-refractivity contribution in [2.45, 2.75) is 26.2 Å². The van der Waals surface area contributed by atoms with Gasteiger partial charge in [0, 0.05) is 5.41 Å². The standard InChI is InChI=1S/C8H13ClN2O/c1-8(2,3)6-5(12-4)7(9)11-10-6/h1-4H3,(H,10,11). The van der Waals surface area contributed by atoms with Crippen molar-refractivity contribution >= 4 is 11.6 Å². The first-order valence-corrected chi connectivity index (χ1v) is 4.13. The molecule has 0 bridgehead atoms. The fourth-order valence-electron chi connectivity index (χ4n) is 1.00. The third-order valence-corrected chi connectivity index (χ3v) is 1.89. The molecule has 0 aliphatic rings. The fraction of sp³-hybridized carbons (Fsp3) is 0.625. The highest BCUT2D eigenvalue weighted by Crippen LogP contribution is 2.33. The average molecular weight is 189 g/mol. The first-order chi connectivity index (χ1) is 5.46. The Hall–Kier alpha value is -0.700. The Labute approximate surface area is 77.1 Å². The number of aromatic amines is 1. The fourth-order valence-corrected chi connectivity index (χ4v) is 1.22. The van der Waals surface area contributed by atoms with Crippen molar-refractivity contribution in [2.24, 2.45) is 0 Å². The third-order valence-electron chi connectivity index (χ3n) is 1.63. The minimum absolute atomic E-state index is 0.0223. The van der Waals surface area contributed by atoms with Crippen molar-refractivity contribution in [3.05, 3.63) is 10.8 Å². The van der Waals surface area contributed by atoms with Gasteiger partial charge in [0.1, 0.15) is 0 Å². The lowest BCUT2D eigenvalue weighted by molar-refractivity contribution is 0.397. The molecule has 0 spiro atoms.